The first-order valence-electron chi connectivity index (χ1n) is 10.8. The number of carbonyl (C=O) groups is 2. The maximum absolute atomic E-state index is 11.4. The van der Waals surface area contributed by atoms with Gasteiger partial charge in [0, 0.05) is 5.56 Å². The summed E-state index contributed by atoms with van der Waals surface area (Å²) in [5.74, 6) is -2.09. The highest BCUT2D eigenvalue weighted by molar-refractivity contribution is 6.53. The molecule has 0 spiro atoms. The number of hydrogen-bond donors (Lipinski definition) is 2. The Morgan fingerprint density at radius 2 is 1.18 bits per heavy atom. The van der Waals surface area contributed by atoms with Gasteiger partial charge in [-0.2, -0.15) is 0 Å². The summed E-state index contributed by atoms with van der Waals surface area (Å²) in [6.07, 6.45) is -1.43. The third-order valence-corrected chi connectivity index (χ3v) is 9.43. The molecule has 208 valence electrons. The fraction of sp³-hybridized carbons (Fsp3) is 0.0769. The Balaban J connectivity index is 2.01. The first kappa shape index (κ1) is 30.9. The molecule has 6 nitrogen and oxygen atoms in total. The van der Waals surface area contributed by atoms with Crippen molar-refractivity contribution < 1.29 is 29.3 Å². The topological polar surface area (TPSA) is 93.1 Å². The predicted molar refractivity (Wildman–Crippen MR) is 157 cm³/mol. The van der Waals surface area contributed by atoms with Gasteiger partial charge in [0.05, 0.1) is 51.3 Å². The van der Waals surface area contributed by atoms with Gasteiger partial charge in [0.1, 0.15) is 11.5 Å². The molecule has 0 amide bonds. The zero-order valence-corrected chi connectivity index (χ0v) is 25.4. The zero-order valence-electron chi connectivity index (χ0n) is 19.3. The van der Waals surface area contributed by atoms with Crippen LogP contribution in [0.5, 0.6) is 11.5 Å². The van der Waals surface area contributed by atoms with Crippen molar-refractivity contribution in [1.29, 1.82) is 0 Å². The Hall–Kier alpha value is -2.00. The van der Waals surface area contributed by atoms with Crippen LogP contribution in [0.3, 0.4) is 0 Å². The number of halogens is 8. The monoisotopic (exact) mass is 700 g/mol. The molecule has 2 N–H and O–H groups in total. The largest absolute Gasteiger partial charge is 0.480 e. The van der Waals surface area contributed by atoms with E-state index in [9.17, 15) is 19.8 Å². The van der Waals surface area contributed by atoms with E-state index < -0.39 is 23.6 Å². The Morgan fingerprint density at radius 1 is 0.675 bits per heavy atom. The summed E-state index contributed by atoms with van der Waals surface area (Å²) < 4.78 is 12.7. The number of aromatic carboxylic acids is 2. The summed E-state index contributed by atoms with van der Waals surface area (Å²) in [6.45, 7) is 0. The molecule has 0 aliphatic heterocycles. The number of carboxylic acid groups (broad SMARTS) is 2. The van der Waals surface area contributed by atoms with Crippen LogP contribution < -0.4 is 9.47 Å². The van der Waals surface area contributed by atoms with Crippen LogP contribution >= 0.6 is 92.8 Å². The molecule has 0 fully saturated rings. The molecule has 3 aromatic rings. The lowest BCUT2D eigenvalue weighted by molar-refractivity contribution is 0.00885. The standard InChI is InChI=1S/C26H12Cl8O6/c27-15-9-14(16(28)18(30)17(15)29)26(40-13-7-3-11(4-8-13)25(37)38)22(34)20(32)19(31)21(33)23(26)39-12-5-1-10(2-6-12)24(35)36/h1-9,23H,(H,35,36)(H,37,38). The summed E-state index contributed by atoms with van der Waals surface area (Å²) >= 11 is 52.2. The Morgan fingerprint density at radius 3 is 1.68 bits per heavy atom. The number of rotatable bonds is 7. The van der Waals surface area contributed by atoms with Crippen molar-refractivity contribution in [2.45, 2.75) is 11.7 Å². The molecular weight excluding hydrogens is 692 g/mol. The van der Waals surface area contributed by atoms with Gasteiger partial charge in [0.15, 0.2) is 6.10 Å². The zero-order chi connectivity index (χ0) is 29.5. The molecule has 0 saturated heterocycles. The highest BCUT2D eigenvalue weighted by Crippen LogP contribution is 2.56. The minimum absolute atomic E-state index is 0.00280. The van der Waals surface area contributed by atoms with E-state index in [2.05, 4.69) is 0 Å². The van der Waals surface area contributed by atoms with Gasteiger partial charge in [-0.1, -0.05) is 92.8 Å². The molecule has 40 heavy (non-hydrogen) atoms. The third kappa shape index (κ3) is 5.57. The van der Waals surface area contributed by atoms with Gasteiger partial charge in [-0.3, -0.25) is 0 Å². The van der Waals surface area contributed by atoms with Crippen molar-refractivity contribution in [1.82, 2.24) is 0 Å². The average molecular weight is 704 g/mol. The number of hydrogen-bond acceptors (Lipinski definition) is 4. The van der Waals surface area contributed by atoms with E-state index in [0.717, 1.165) is 0 Å². The second-order valence-electron chi connectivity index (χ2n) is 8.13. The van der Waals surface area contributed by atoms with Crippen LogP contribution in [0.25, 0.3) is 0 Å². The maximum Gasteiger partial charge on any atom is 0.335 e. The normalized spacial score (nSPS) is 19.1. The van der Waals surface area contributed by atoms with E-state index in [-0.39, 0.29) is 68.4 Å². The average Bonchev–Trinajstić information content (AvgIpc) is 2.94. The van der Waals surface area contributed by atoms with Gasteiger partial charge in [0.2, 0.25) is 5.60 Å². The van der Waals surface area contributed by atoms with Gasteiger partial charge in [-0.05, 0) is 54.6 Å². The fourth-order valence-electron chi connectivity index (χ4n) is 3.83. The van der Waals surface area contributed by atoms with Crippen LogP contribution in [0.15, 0.2) is 74.7 Å². The molecule has 1 aliphatic carbocycles. The van der Waals surface area contributed by atoms with E-state index in [4.69, 9.17) is 102 Å². The number of ether oxygens (including phenoxy) is 2. The highest BCUT2D eigenvalue weighted by atomic mass is 35.5. The summed E-state index contributed by atoms with van der Waals surface area (Å²) in [6, 6.07) is 12.0. The first-order chi connectivity index (χ1) is 18.8. The first-order valence-corrected chi connectivity index (χ1v) is 13.8. The molecule has 0 aromatic heterocycles. The molecule has 2 unspecified atom stereocenters. The van der Waals surface area contributed by atoms with Crippen molar-refractivity contribution in [3.63, 3.8) is 0 Å². The SMILES string of the molecule is O=C(O)c1ccc(OC2C(Cl)=C(Cl)C(Cl)=C(Cl)C2(Oc2ccc(C(=O)O)cc2)c2cc(Cl)c(Cl)c(Cl)c2Cl)cc1. The maximum atomic E-state index is 11.4. The quantitative estimate of drug-likeness (QED) is 0.188. The second kappa shape index (κ2) is 12.1. The van der Waals surface area contributed by atoms with Crippen molar-refractivity contribution in [3.05, 3.63) is 112 Å². The Bertz CT molecular complexity index is 1580. The molecule has 1 aliphatic rings. The number of benzene rings is 3. The van der Waals surface area contributed by atoms with Gasteiger partial charge >= 0.3 is 11.9 Å². The van der Waals surface area contributed by atoms with Crippen LogP contribution in [-0.2, 0) is 5.60 Å². The van der Waals surface area contributed by atoms with Gasteiger partial charge in [-0.15, -0.1) is 0 Å². The van der Waals surface area contributed by atoms with E-state index in [1.807, 2.05) is 0 Å². The number of carboxylic acids is 2. The summed E-state index contributed by atoms with van der Waals surface area (Å²) in [4.78, 5) is 22.7. The van der Waals surface area contributed by atoms with Gasteiger partial charge in [-0.25, -0.2) is 9.59 Å². The van der Waals surface area contributed by atoms with Crippen LogP contribution in [-0.4, -0.2) is 28.3 Å². The van der Waals surface area contributed by atoms with Crippen molar-refractivity contribution in [2.75, 3.05) is 0 Å². The highest BCUT2D eigenvalue weighted by Gasteiger charge is 2.56. The third-order valence-electron chi connectivity index (χ3n) is 5.76. The van der Waals surface area contributed by atoms with Gasteiger partial charge < -0.3 is 19.7 Å². The van der Waals surface area contributed by atoms with Crippen LogP contribution in [0.4, 0.5) is 0 Å². The lowest BCUT2D eigenvalue weighted by Gasteiger charge is -2.43. The molecular formula is C26H12Cl8O6. The lowest BCUT2D eigenvalue weighted by Crippen LogP contribution is -2.51. The van der Waals surface area contributed by atoms with Crippen molar-refractivity contribution in [2.24, 2.45) is 0 Å². The van der Waals surface area contributed by atoms with Crippen LogP contribution in [0.1, 0.15) is 26.3 Å². The molecule has 3 aromatic carbocycles. The van der Waals surface area contributed by atoms with E-state index in [0.29, 0.717) is 0 Å². The van der Waals surface area contributed by atoms with Crippen molar-refractivity contribution in [3.8, 4) is 11.5 Å². The smallest absolute Gasteiger partial charge is 0.335 e. The summed E-state index contributed by atoms with van der Waals surface area (Å²) in [7, 11) is 0. The molecule has 4 rings (SSSR count). The van der Waals surface area contributed by atoms with Crippen LogP contribution in [0, 0.1) is 0 Å². The summed E-state index contributed by atoms with van der Waals surface area (Å²) in [5.41, 5.74) is -2.04. The molecule has 0 heterocycles. The van der Waals surface area contributed by atoms with Crippen LogP contribution in [0.2, 0.25) is 20.1 Å². The van der Waals surface area contributed by atoms with E-state index in [1.165, 1.54) is 54.6 Å². The lowest BCUT2D eigenvalue weighted by atomic mass is 9.83. The number of allylic oxidation sites excluding steroid dienone is 2. The fourth-order valence-corrected chi connectivity index (χ4v) is 5.93. The minimum atomic E-state index is -2.04. The van der Waals surface area contributed by atoms with E-state index in [1.54, 1.807) is 0 Å². The predicted octanol–water partition coefficient (Wildman–Crippen LogP) is 9.81. The Labute approximate surface area is 267 Å². The van der Waals surface area contributed by atoms with Crippen molar-refractivity contribution >= 4 is 105 Å². The molecule has 14 heteroatoms. The van der Waals surface area contributed by atoms with E-state index >= 15 is 0 Å². The second-order valence-corrected chi connectivity index (χ2v) is 11.2. The van der Waals surface area contributed by atoms with Gasteiger partial charge in [0.25, 0.3) is 0 Å². The molecule has 0 saturated carbocycles. The Kier molecular flexibility index (Phi) is 9.35. The summed E-state index contributed by atoms with van der Waals surface area (Å²) in [5, 5.41) is 17.4. The minimum Gasteiger partial charge on any atom is -0.480 e. The molecule has 2 atom stereocenters. The molecule has 0 radical (unpaired) electrons. The molecule has 0 bridgehead atoms.